The Bertz CT molecular complexity index is 840. The molecule has 1 aliphatic rings. The quantitative estimate of drug-likeness (QED) is 0.506. The van der Waals surface area contributed by atoms with Crippen LogP contribution in [0.25, 0.3) is 11.0 Å². The van der Waals surface area contributed by atoms with Crippen LogP contribution in [0.5, 0.6) is 5.75 Å². The largest absolute Gasteiger partial charge is 0.490 e. The van der Waals surface area contributed by atoms with Crippen LogP contribution in [0, 0.1) is 0 Å². The van der Waals surface area contributed by atoms with Gasteiger partial charge in [0.25, 0.3) is 0 Å². The van der Waals surface area contributed by atoms with Gasteiger partial charge in [0.2, 0.25) is 0 Å². The fourth-order valence-electron chi connectivity index (χ4n) is 3.86. The molecule has 7 heteroatoms. The van der Waals surface area contributed by atoms with Gasteiger partial charge in [-0.1, -0.05) is 12.1 Å². The van der Waals surface area contributed by atoms with E-state index in [1.807, 2.05) is 25.1 Å². The van der Waals surface area contributed by atoms with Crippen molar-refractivity contribution in [1.29, 1.82) is 0 Å². The van der Waals surface area contributed by atoms with Crippen molar-refractivity contribution < 1.29 is 13.9 Å². The van der Waals surface area contributed by atoms with Crippen molar-refractivity contribution in [2.24, 2.45) is 4.99 Å². The number of likely N-dealkylation sites (N-methyl/N-ethyl adjacent to an activating group) is 1. The molecule has 0 aliphatic carbocycles. The summed E-state index contributed by atoms with van der Waals surface area (Å²) >= 11 is 0. The van der Waals surface area contributed by atoms with Gasteiger partial charge in [-0.2, -0.15) is 0 Å². The lowest BCUT2D eigenvalue weighted by atomic mass is 9.89. The molecule has 0 saturated carbocycles. The molecule has 2 aromatic rings. The first-order chi connectivity index (χ1) is 14.5. The van der Waals surface area contributed by atoms with Gasteiger partial charge in [-0.15, -0.1) is 0 Å². The molecule has 1 fully saturated rings. The summed E-state index contributed by atoms with van der Waals surface area (Å²) in [6.45, 7) is 9.84. The minimum absolute atomic E-state index is 0.0327. The molecule has 1 aromatic heterocycles. The number of hydrogen-bond acceptors (Lipinski definition) is 5. The zero-order valence-electron chi connectivity index (χ0n) is 19.0. The number of aliphatic imine (C=N–C) groups is 1. The molecule has 1 atom stereocenters. The maximum atomic E-state index is 6.15. The molecule has 166 valence electrons. The number of rotatable bonds is 8. The van der Waals surface area contributed by atoms with E-state index < -0.39 is 0 Å². The lowest BCUT2D eigenvalue weighted by molar-refractivity contribution is -0.00255. The van der Waals surface area contributed by atoms with Gasteiger partial charge in [0, 0.05) is 30.7 Å². The first-order valence-corrected chi connectivity index (χ1v) is 10.9. The summed E-state index contributed by atoms with van der Waals surface area (Å²) in [5.74, 6) is 2.43. The maximum absolute atomic E-state index is 6.15. The van der Waals surface area contributed by atoms with Gasteiger partial charge in [0.1, 0.15) is 5.76 Å². The predicted molar refractivity (Wildman–Crippen MR) is 121 cm³/mol. The fraction of sp³-hybridized carbons (Fsp3) is 0.609. The average molecular weight is 417 g/mol. The Balaban J connectivity index is 1.76. The highest BCUT2D eigenvalue weighted by atomic mass is 16.5. The predicted octanol–water partition coefficient (Wildman–Crippen LogP) is 3.56. The summed E-state index contributed by atoms with van der Waals surface area (Å²) in [6, 6.07) is 8.01. The third-order valence-electron chi connectivity index (χ3n) is 5.85. The second kappa shape index (κ2) is 10.2. The van der Waals surface area contributed by atoms with Gasteiger partial charge in [-0.25, -0.2) is 0 Å². The van der Waals surface area contributed by atoms with Gasteiger partial charge >= 0.3 is 0 Å². The van der Waals surface area contributed by atoms with Crippen LogP contribution >= 0.6 is 0 Å². The number of benzene rings is 1. The van der Waals surface area contributed by atoms with E-state index in [2.05, 4.69) is 49.5 Å². The highest BCUT2D eigenvalue weighted by Crippen LogP contribution is 2.31. The van der Waals surface area contributed by atoms with E-state index in [1.165, 1.54) is 0 Å². The van der Waals surface area contributed by atoms with E-state index in [1.54, 1.807) is 0 Å². The lowest BCUT2D eigenvalue weighted by Crippen LogP contribution is -2.51. The standard InChI is InChI=1S/C23H36N4O3/c1-6-24-22(25-16-23(27(4)5)11-13-28-14-12-23)26-17(3)20-15-18-9-8-10-19(29-7-2)21(18)30-20/h8-10,15,17H,6-7,11-14,16H2,1-5H3,(H2,24,25,26). The fourth-order valence-corrected chi connectivity index (χ4v) is 3.86. The normalized spacial score (nSPS) is 17.9. The molecule has 0 amide bonds. The molecule has 0 radical (unpaired) electrons. The molecule has 2 N–H and O–H groups in total. The van der Waals surface area contributed by atoms with Crippen molar-refractivity contribution in [3.8, 4) is 5.75 Å². The molecule has 0 spiro atoms. The van der Waals surface area contributed by atoms with Crippen LogP contribution in [0.15, 0.2) is 33.7 Å². The second-order valence-electron chi connectivity index (χ2n) is 8.05. The number of fused-ring (bicyclic) bond motifs is 1. The smallest absolute Gasteiger partial charge is 0.191 e. The number of guanidine groups is 1. The first-order valence-electron chi connectivity index (χ1n) is 10.9. The van der Waals surface area contributed by atoms with Crippen LogP contribution in [0.4, 0.5) is 0 Å². The molecule has 1 aliphatic heterocycles. The van der Waals surface area contributed by atoms with E-state index in [0.29, 0.717) is 6.61 Å². The van der Waals surface area contributed by atoms with Gasteiger partial charge < -0.3 is 29.4 Å². The Hall–Kier alpha value is -2.25. The van der Waals surface area contributed by atoms with E-state index in [0.717, 1.165) is 67.6 Å². The summed E-state index contributed by atoms with van der Waals surface area (Å²) in [4.78, 5) is 7.22. The van der Waals surface area contributed by atoms with E-state index in [4.69, 9.17) is 18.9 Å². The number of nitrogens with one attached hydrogen (secondary N) is 2. The number of ether oxygens (including phenoxy) is 2. The summed E-state index contributed by atoms with van der Waals surface area (Å²) < 4.78 is 17.4. The molecule has 1 saturated heterocycles. The summed E-state index contributed by atoms with van der Waals surface area (Å²) in [6.07, 6.45) is 1.98. The number of para-hydroxylation sites is 1. The molecule has 7 nitrogen and oxygen atoms in total. The van der Waals surface area contributed by atoms with E-state index in [-0.39, 0.29) is 11.6 Å². The maximum Gasteiger partial charge on any atom is 0.191 e. The minimum atomic E-state index is -0.0327. The third kappa shape index (κ3) is 5.08. The Morgan fingerprint density at radius 1 is 1.27 bits per heavy atom. The minimum Gasteiger partial charge on any atom is -0.490 e. The second-order valence-corrected chi connectivity index (χ2v) is 8.05. The van der Waals surface area contributed by atoms with Crippen LogP contribution in [-0.4, -0.2) is 63.4 Å². The lowest BCUT2D eigenvalue weighted by Gasteiger charge is -2.41. The van der Waals surface area contributed by atoms with Crippen LogP contribution in [0.1, 0.15) is 45.4 Å². The Morgan fingerprint density at radius 2 is 2.03 bits per heavy atom. The number of hydrogen-bond donors (Lipinski definition) is 2. The van der Waals surface area contributed by atoms with Crippen LogP contribution in [0.3, 0.4) is 0 Å². The zero-order chi connectivity index (χ0) is 21.6. The molecule has 0 bridgehead atoms. The summed E-state index contributed by atoms with van der Waals surface area (Å²) in [5, 5.41) is 7.91. The molecule has 1 unspecified atom stereocenters. The molecular formula is C23H36N4O3. The highest BCUT2D eigenvalue weighted by Gasteiger charge is 2.34. The van der Waals surface area contributed by atoms with Crippen molar-refractivity contribution in [3.05, 3.63) is 30.0 Å². The van der Waals surface area contributed by atoms with Crippen molar-refractivity contribution in [3.63, 3.8) is 0 Å². The van der Waals surface area contributed by atoms with Crippen LogP contribution < -0.4 is 15.4 Å². The van der Waals surface area contributed by atoms with Gasteiger partial charge in [-0.3, -0.25) is 4.99 Å². The average Bonchev–Trinajstić information content (AvgIpc) is 3.18. The molecule has 2 heterocycles. The van der Waals surface area contributed by atoms with Crippen molar-refractivity contribution in [1.82, 2.24) is 15.5 Å². The number of nitrogens with zero attached hydrogens (tertiary/aromatic N) is 2. The van der Waals surface area contributed by atoms with Crippen molar-refractivity contribution in [2.75, 3.05) is 47.0 Å². The van der Waals surface area contributed by atoms with E-state index >= 15 is 0 Å². The summed E-state index contributed by atoms with van der Waals surface area (Å²) in [7, 11) is 4.27. The zero-order valence-corrected chi connectivity index (χ0v) is 19.0. The molecule has 3 rings (SSSR count). The van der Waals surface area contributed by atoms with E-state index in [9.17, 15) is 0 Å². The highest BCUT2D eigenvalue weighted by molar-refractivity contribution is 5.84. The monoisotopic (exact) mass is 416 g/mol. The first kappa shape index (κ1) is 22.4. The molecule has 30 heavy (non-hydrogen) atoms. The summed E-state index contributed by atoms with van der Waals surface area (Å²) in [5.41, 5.74) is 0.828. The van der Waals surface area contributed by atoms with Crippen molar-refractivity contribution in [2.45, 2.75) is 45.2 Å². The topological polar surface area (TPSA) is 71.3 Å². The van der Waals surface area contributed by atoms with Gasteiger partial charge in [0.15, 0.2) is 17.3 Å². The van der Waals surface area contributed by atoms with Gasteiger partial charge in [0.05, 0.1) is 19.2 Å². The van der Waals surface area contributed by atoms with Crippen LogP contribution in [0.2, 0.25) is 0 Å². The SMILES string of the molecule is CCNC(=NCC1(N(C)C)CCOCC1)NC(C)c1cc2cccc(OCC)c2o1. The number of furan rings is 1. The molecular weight excluding hydrogens is 380 g/mol. The Morgan fingerprint density at radius 3 is 2.70 bits per heavy atom. The van der Waals surface area contributed by atoms with Gasteiger partial charge in [-0.05, 0) is 59.8 Å². The Labute approximate surface area is 179 Å². The van der Waals surface area contributed by atoms with Crippen LogP contribution in [-0.2, 0) is 4.74 Å². The van der Waals surface area contributed by atoms with Crippen molar-refractivity contribution >= 4 is 16.9 Å². The Kier molecular flexibility index (Phi) is 7.61. The third-order valence-corrected chi connectivity index (χ3v) is 5.85. The molecule has 1 aromatic carbocycles.